The lowest BCUT2D eigenvalue weighted by Crippen LogP contribution is -2.39. The minimum Gasteiger partial charge on any atom is -0.484 e. The molecular formula is C15H20N4O4. The molecule has 0 aliphatic heterocycles. The third kappa shape index (κ3) is 7.60. The molecule has 0 saturated heterocycles. The van der Waals surface area contributed by atoms with Crippen LogP contribution in [0.5, 0.6) is 5.75 Å². The molecular weight excluding hydrogens is 300 g/mol. The van der Waals surface area contributed by atoms with Crippen molar-refractivity contribution >= 4 is 23.9 Å². The van der Waals surface area contributed by atoms with Gasteiger partial charge in [0.15, 0.2) is 6.61 Å². The van der Waals surface area contributed by atoms with Gasteiger partial charge in [0, 0.05) is 6.54 Å². The molecule has 0 bridgehead atoms. The summed E-state index contributed by atoms with van der Waals surface area (Å²) in [7, 11) is 0. The zero-order valence-electron chi connectivity index (χ0n) is 13.0. The first-order valence-corrected chi connectivity index (χ1v) is 7.01. The molecule has 0 heterocycles. The Bertz CT molecular complexity index is 582. The molecule has 0 atom stereocenters. The fourth-order valence-corrected chi connectivity index (χ4v) is 1.40. The molecule has 4 N–H and O–H groups in total. The van der Waals surface area contributed by atoms with Gasteiger partial charge in [0.1, 0.15) is 5.75 Å². The van der Waals surface area contributed by atoms with E-state index in [0.29, 0.717) is 17.9 Å². The third-order valence-corrected chi connectivity index (χ3v) is 2.52. The summed E-state index contributed by atoms with van der Waals surface area (Å²) in [6.07, 6.45) is 1.38. The molecule has 1 aromatic rings. The van der Waals surface area contributed by atoms with Crippen molar-refractivity contribution in [3.05, 3.63) is 29.8 Å². The lowest BCUT2D eigenvalue weighted by atomic mass is 10.2. The van der Waals surface area contributed by atoms with Crippen molar-refractivity contribution in [2.24, 2.45) is 16.8 Å². The molecule has 0 radical (unpaired) electrons. The average molecular weight is 320 g/mol. The van der Waals surface area contributed by atoms with Crippen LogP contribution >= 0.6 is 0 Å². The number of hydrogen-bond donors (Lipinski definition) is 3. The normalized spacial score (nSPS) is 10.6. The Morgan fingerprint density at radius 1 is 1.22 bits per heavy atom. The van der Waals surface area contributed by atoms with E-state index in [1.807, 2.05) is 13.8 Å². The molecule has 0 aliphatic rings. The van der Waals surface area contributed by atoms with E-state index in [1.54, 1.807) is 24.3 Å². The van der Waals surface area contributed by atoms with Gasteiger partial charge in [-0.1, -0.05) is 13.8 Å². The SMILES string of the molecule is CC(C)CNC(=O)C(=O)N/N=C\c1ccc(OCC(N)=O)cc1. The van der Waals surface area contributed by atoms with E-state index in [4.69, 9.17) is 10.5 Å². The Labute approximate surface area is 134 Å². The van der Waals surface area contributed by atoms with Crippen molar-refractivity contribution in [2.45, 2.75) is 13.8 Å². The predicted octanol–water partition coefficient (Wildman–Crippen LogP) is -0.227. The van der Waals surface area contributed by atoms with Crippen LogP contribution in [0.3, 0.4) is 0 Å². The number of amides is 3. The highest BCUT2D eigenvalue weighted by Crippen LogP contribution is 2.10. The summed E-state index contributed by atoms with van der Waals surface area (Å²) in [4.78, 5) is 33.4. The Hall–Kier alpha value is -2.90. The number of hydrazone groups is 1. The van der Waals surface area contributed by atoms with Crippen LogP contribution in [-0.4, -0.2) is 37.1 Å². The Morgan fingerprint density at radius 2 is 1.87 bits per heavy atom. The first kappa shape index (κ1) is 18.1. The van der Waals surface area contributed by atoms with E-state index < -0.39 is 17.7 Å². The molecule has 0 aromatic heterocycles. The van der Waals surface area contributed by atoms with Crippen molar-refractivity contribution in [3.63, 3.8) is 0 Å². The molecule has 0 fully saturated rings. The maximum absolute atomic E-state index is 11.4. The second kappa shape index (κ2) is 9.19. The number of ether oxygens (including phenoxy) is 1. The van der Waals surface area contributed by atoms with Crippen LogP contribution in [0.25, 0.3) is 0 Å². The summed E-state index contributed by atoms with van der Waals surface area (Å²) in [6.45, 7) is 4.07. The van der Waals surface area contributed by atoms with E-state index in [2.05, 4.69) is 15.8 Å². The molecule has 0 saturated carbocycles. The van der Waals surface area contributed by atoms with Crippen molar-refractivity contribution in [2.75, 3.05) is 13.2 Å². The van der Waals surface area contributed by atoms with Gasteiger partial charge in [0.2, 0.25) is 0 Å². The summed E-state index contributed by atoms with van der Waals surface area (Å²) >= 11 is 0. The number of carbonyl (C=O) groups is 3. The predicted molar refractivity (Wildman–Crippen MR) is 84.7 cm³/mol. The van der Waals surface area contributed by atoms with Crippen LogP contribution in [0.1, 0.15) is 19.4 Å². The number of carbonyl (C=O) groups excluding carboxylic acids is 3. The van der Waals surface area contributed by atoms with Crippen LogP contribution in [0, 0.1) is 5.92 Å². The lowest BCUT2D eigenvalue weighted by molar-refractivity contribution is -0.139. The molecule has 1 rings (SSSR count). The summed E-state index contributed by atoms with van der Waals surface area (Å²) < 4.78 is 5.10. The van der Waals surface area contributed by atoms with Gasteiger partial charge in [-0.25, -0.2) is 5.43 Å². The third-order valence-electron chi connectivity index (χ3n) is 2.52. The monoisotopic (exact) mass is 320 g/mol. The number of hydrogen-bond acceptors (Lipinski definition) is 5. The lowest BCUT2D eigenvalue weighted by Gasteiger charge is -2.05. The Balaban J connectivity index is 2.43. The second-order valence-corrected chi connectivity index (χ2v) is 5.13. The smallest absolute Gasteiger partial charge is 0.329 e. The molecule has 8 nitrogen and oxygen atoms in total. The number of nitrogens with two attached hydrogens (primary N) is 1. The van der Waals surface area contributed by atoms with Crippen LogP contribution in [-0.2, 0) is 14.4 Å². The maximum Gasteiger partial charge on any atom is 0.329 e. The van der Waals surface area contributed by atoms with Gasteiger partial charge in [0.25, 0.3) is 5.91 Å². The molecule has 8 heteroatoms. The number of rotatable bonds is 7. The minimum absolute atomic E-state index is 0.199. The largest absolute Gasteiger partial charge is 0.484 e. The fraction of sp³-hybridized carbons (Fsp3) is 0.333. The van der Waals surface area contributed by atoms with Gasteiger partial charge >= 0.3 is 11.8 Å². The van der Waals surface area contributed by atoms with E-state index in [-0.39, 0.29) is 12.5 Å². The highest BCUT2D eigenvalue weighted by Gasteiger charge is 2.11. The number of nitrogens with one attached hydrogen (secondary N) is 2. The van der Waals surface area contributed by atoms with E-state index in [9.17, 15) is 14.4 Å². The standard InChI is InChI=1S/C15H20N4O4/c1-10(2)7-17-14(21)15(22)19-18-8-11-3-5-12(6-4-11)23-9-13(16)20/h3-6,8,10H,7,9H2,1-2H3,(H2,16,20)(H,17,21)(H,19,22)/b18-8-. The molecule has 0 aliphatic carbocycles. The van der Waals surface area contributed by atoms with E-state index >= 15 is 0 Å². The molecule has 1 aromatic carbocycles. The summed E-state index contributed by atoms with van der Waals surface area (Å²) in [6, 6.07) is 6.60. The average Bonchev–Trinajstić information content (AvgIpc) is 2.51. The van der Waals surface area contributed by atoms with Crippen molar-refractivity contribution in [1.29, 1.82) is 0 Å². The van der Waals surface area contributed by atoms with Gasteiger partial charge < -0.3 is 15.8 Å². The van der Waals surface area contributed by atoms with Crippen LogP contribution in [0.15, 0.2) is 29.4 Å². The number of benzene rings is 1. The van der Waals surface area contributed by atoms with Crippen LogP contribution < -0.4 is 21.2 Å². The molecule has 3 amide bonds. The molecule has 0 unspecified atom stereocenters. The highest BCUT2D eigenvalue weighted by molar-refractivity contribution is 6.35. The van der Waals surface area contributed by atoms with Crippen molar-refractivity contribution in [1.82, 2.24) is 10.7 Å². The topological polar surface area (TPSA) is 123 Å². The van der Waals surface area contributed by atoms with Gasteiger partial charge in [-0.05, 0) is 35.7 Å². The van der Waals surface area contributed by atoms with E-state index in [0.717, 1.165) is 0 Å². The van der Waals surface area contributed by atoms with Crippen molar-refractivity contribution < 1.29 is 19.1 Å². The van der Waals surface area contributed by atoms with Gasteiger partial charge in [0.05, 0.1) is 6.21 Å². The summed E-state index contributed by atoms with van der Waals surface area (Å²) in [5.74, 6) is -1.38. The number of primary amides is 1. The van der Waals surface area contributed by atoms with E-state index in [1.165, 1.54) is 6.21 Å². The van der Waals surface area contributed by atoms with Gasteiger partial charge in [-0.3, -0.25) is 14.4 Å². The first-order valence-electron chi connectivity index (χ1n) is 7.01. The van der Waals surface area contributed by atoms with Gasteiger partial charge in [-0.2, -0.15) is 5.10 Å². The Kier molecular flexibility index (Phi) is 7.25. The number of nitrogens with zero attached hydrogens (tertiary/aromatic N) is 1. The minimum atomic E-state index is -0.830. The van der Waals surface area contributed by atoms with Crippen LogP contribution in [0.2, 0.25) is 0 Å². The van der Waals surface area contributed by atoms with Crippen molar-refractivity contribution in [3.8, 4) is 5.75 Å². The second-order valence-electron chi connectivity index (χ2n) is 5.13. The molecule has 0 spiro atoms. The zero-order valence-corrected chi connectivity index (χ0v) is 13.0. The summed E-state index contributed by atoms with van der Waals surface area (Å²) in [5, 5.41) is 6.18. The fourth-order valence-electron chi connectivity index (χ4n) is 1.40. The first-order chi connectivity index (χ1) is 10.9. The maximum atomic E-state index is 11.4. The van der Waals surface area contributed by atoms with Gasteiger partial charge in [-0.15, -0.1) is 0 Å². The summed E-state index contributed by atoms with van der Waals surface area (Å²) in [5.41, 5.74) is 7.78. The molecule has 124 valence electrons. The van der Waals surface area contributed by atoms with Crippen LogP contribution in [0.4, 0.5) is 0 Å². The Morgan fingerprint density at radius 3 is 2.43 bits per heavy atom. The molecule has 23 heavy (non-hydrogen) atoms. The zero-order chi connectivity index (χ0) is 17.2. The highest BCUT2D eigenvalue weighted by atomic mass is 16.5. The quantitative estimate of drug-likeness (QED) is 0.365.